The number of nitrogens with one attached hydrogen (secondary N) is 1. The minimum atomic E-state index is -0.660. The summed E-state index contributed by atoms with van der Waals surface area (Å²) >= 11 is 6.55. The number of hydrogen-bond acceptors (Lipinski definition) is 4. The van der Waals surface area contributed by atoms with E-state index in [1.54, 1.807) is 12.1 Å². The number of hydrogen-bond donors (Lipinski definition) is 1. The zero-order chi connectivity index (χ0) is 21.1. The Bertz CT molecular complexity index is 933. The summed E-state index contributed by atoms with van der Waals surface area (Å²) in [6, 6.07) is 12.1. The summed E-state index contributed by atoms with van der Waals surface area (Å²) in [4.78, 5) is 26.2. The molecule has 0 atom stereocenters. The van der Waals surface area contributed by atoms with Crippen molar-refractivity contribution in [3.05, 3.63) is 63.2 Å². The summed E-state index contributed by atoms with van der Waals surface area (Å²) in [5.74, 6) is -0.0735. The molecule has 1 saturated heterocycles. The zero-order valence-electron chi connectivity index (χ0n) is 16.9. The molecule has 1 aliphatic carbocycles. The second-order valence-corrected chi connectivity index (χ2v) is 8.67. The number of nitro benzene ring substituents is 1. The molecule has 1 N–H and O–H groups in total. The molecule has 0 radical (unpaired) electrons. The molecular weight excluding hydrogens is 402 g/mol. The molecule has 1 amide bonds. The highest BCUT2D eigenvalue weighted by molar-refractivity contribution is 6.33. The van der Waals surface area contributed by atoms with Gasteiger partial charge in [0.05, 0.1) is 21.0 Å². The summed E-state index contributed by atoms with van der Waals surface area (Å²) in [7, 11) is 0. The van der Waals surface area contributed by atoms with Gasteiger partial charge in [-0.3, -0.25) is 14.9 Å². The number of non-ortho nitro benzene ring substituents is 1. The number of carbonyl (C=O) groups is 1. The number of carbonyl (C=O) groups excluding carboxylic acids is 1. The van der Waals surface area contributed by atoms with Gasteiger partial charge in [-0.25, -0.2) is 0 Å². The third-order valence-corrected chi connectivity index (χ3v) is 6.73. The van der Waals surface area contributed by atoms with Gasteiger partial charge in [0.15, 0.2) is 0 Å². The Morgan fingerprint density at radius 2 is 1.67 bits per heavy atom. The largest absolute Gasteiger partial charge is 0.370 e. The molecule has 1 aliphatic heterocycles. The average Bonchev–Trinajstić information content (AvgIpc) is 3.26. The number of benzene rings is 2. The van der Waals surface area contributed by atoms with Crippen molar-refractivity contribution in [2.24, 2.45) is 0 Å². The highest BCUT2D eigenvalue weighted by atomic mass is 35.5. The van der Waals surface area contributed by atoms with Crippen molar-refractivity contribution in [2.75, 3.05) is 23.3 Å². The fourth-order valence-electron chi connectivity index (χ4n) is 4.75. The minimum absolute atomic E-state index is 0.0346. The van der Waals surface area contributed by atoms with Crippen LogP contribution in [0, 0.1) is 10.1 Å². The lowest BCUT2D eigenvalue weighted by Crippen LogP contribution is -2.38. The molecule has 2 aromatic rings. The fourth-order valence-corrected chi connectivity index (χ4v) is 5.05. The summed E-state index contributed by atoms with van der Waals surface area (Å²) < 4.78 is 0. The van der Waals surface area contributed by atoms with E-state index in [1.165, 1.54) is 31.4 Å². The number of halogens is 1. The van der Waals surface area contributed by atoms with E-state index in [0.717, 1.165) is 50.0 Å². The van der Waals surface area contributed by atoms with E-state index < -0.39 is 10.3 Å². The Balaban J connectivity index is 1.55. The van der Waals surface area contributed by atoms with Crippen LogP contribution in [0.5, 0.6) is 0 Å². The van der Waals surface area contributed by atoms with Gasteiger partial charge < -0.3 is 10.2 Å². The van der Waals surface area contributed by atoms with E-state index in [0.29, 0.717) is 10.7 Å². The van der Waals surface area contributed by atoms with Gasteiger partial charge in [0.2, 0.25) is 5.91 Å². The SMILES string of the molecule is O=C(Nc1ccc(N2CCCCC2)c(Cl)c1)C1(c2ccc([N+](=O)[O-])cc2)CCCC1. The average molecular weight is 428 g/mol. The number of nitrogens with zero attached hydrogens (tertiary/aromatic N) is 2. The molecule has 30 heavy (non-hydrogen) atoms. The Kier molecular flexibility index (Phi) is 5.95. The Morgan fingerprint density at radius 3 is 2.27 bits per heavy atom. The molecule has 158 valence electrons. The van der Waals surface area contributed by atoms with Crippen molar-refractivity contribution in [3.63, 3.8) is 0 Å². The van der Waals surface area contributed by atoms with Crippen LogP contribution in [-0.4, -0.2) is 23.9 Å². The lowest BCUT2D eigenvalue weighted by molar-refractivity contribution is -0.384. The summed E-state index contributed by atoms with van der Waals surface area (Å²) in [6.45, 7) is 2.02. The maximum atomic E-state index is 13.4. The van der Waals surface area contributed by atoms with Gasteiger partial charge >= 0.3 is 0 Å². The summed E-state index contributed by atoms with van der Waals surface area (Å²) in [5, 5.41) is 14.7. The first kappa shape index (κ1) is 20.7. The van der Waals surface area contributed by atoms with Crippen LogP contribution < -0.4 is 10.2 Å². The summed E-state index contributed by atoms with van der Waals surface area (Å²) in [6.07, 6.45) is 6.98. The van der Waals surface area contributed by atoms with Crippen molar-refractivity contribution in [2.45, 2.75) is 50.4 Å². The molecule has 2 fully saturated rings. The Hall–Kier alpha value is -2.60. The number of anilines is 2. The van der Waals surface area contributed by atoms with Gasteiger partial charge in [-0.2, -0.15) is 0 Å². The molecule has 0 unspecified atom stereocenters. The molecule has 2 aromatic carbocycles. The molecule has 6 nitrogen and oxygen atoms in total. The van der Waals surface area contributed by atoms with Gasteiger partial charge in [-0.1, -0.05) is 36.6 Å². The molecule has 1 saturated carbocycles. The van der Waals surface area contributed by atoms with Gasteiger partial charge in [0.25, 0.3) is 5.69 Å². The highest BCUT2D eigenvalue weighted by Crippen LogP contribution is 2.43. The smallest absolute Gasteiger partial charge is 0.269 e. The molecule has 2 aliphatic rings. The maximum absolute atomic E-state index is 13.4. The van der Waals surface area contributed by atoms with Gasteiger partial charge in [-0.15, -0.1) is 0 Å². The van der Waals surface area contributed by atoms with E-state index in [2.05, 4.69) is 10.2 Å². The number of amides is 1. The van der Waals surface area contributed by atoms with E-state index >= 15 is 0 Å². The van der Waals surface area contributed by atoms with Crippen molar-refractivity contribution in [1.82, 2.24) is 0 Å². The van der Waals surface area contributed by atoms with Crippen LogP contribution in [0.25, 0.3) is 0 Å². The predicted octanol–water partition coefficient (Wildman–Crippen LogP) is 5.69. The van der Waals surface area contributed by atoms with Crippen molar-refractivity contribution < 1.29 is 9.72 Å². The lowest BCUT2D eigenvalue weighted by atomic mass is 9.78. The molecular formula is C23H26ClN3O3. The normalized spacial score (nSPS) is 18.2. The third kappa shape index (κ3) is 4.01. The monoisotopic (exact) mass is 427 g/mol. The number of nitro groups is 1. The van der Waals surface area contributed by atoms with E-state index in [-0.39, 0.29) is 11.6 Å². The molecule has 0 bridgehead atoms. The van der Waals surface area contributed by atoms with Crippen LogP contribution >= 0.6 is 11.6 Å². The number of piperidine rings is 1. The Morgan fingerprint density at radius 1 is 1.00 bits per heavy atom. The quantitative estimate of drug-likeness (QED) is 0.491. The molecule has 4 rings (SSSR count). The van der Waals surface area contributed by atoms with Gasteiger partial charge in [0.1, 0.15) is 0 Å². The molecule has 7 heteroatoms. The molecule has 0 aromatic heterocycles. The first-order valence-corrected chi connectivity index (χ1v) is 11.0. The second-order valence-electron chi connectivity index (χ2n) is 8.26. The Labute approximate surface area is 181 Å². The highest BCUT2D eigenvalue weighted by Gasteiger charge is 2.43. The molecule has 1 heterocycles. The van der Waals surface area contributed by atoms with Crippen LogP contribution in [0.1, 0.15) is 50.5 Å². The number of rotatable bonds is 5. The van der Waals surface area contributed by atoms with E-state index in [1.807, 2.05) is 18.2 Å². The van der Waals surface area contributed by atoms with Crippen molar-refractivity contribution in [1.29, 1.82) is 0 Å². The van der Waals surface area contributed by atoms with Crippen LogP contribution in [0.4, 0.5) is 17.1 Å². The van der Waals surface area contributed by atoms with Gasteiger partial charge in [0, 0.05) is 30.9 Å². The first-order valence-electron chi connectivity index (χ1n) is 10.6. The van der Waals surface area contributed by atoms with Crippen molar-refractivity contribution >= 4 is 34.6 Å². The van der Waals surface area contributed by atoms with Crippen LogP contribution in [0.2, 0.25) is 5.02 Å². The topological polar surface area (TPSA) is 75.5 Å². The minimum Gasteiger partial charge on any atom is -0.370 e. The van der Waals surface area contributed by atoms with Crippen LogP contribution in [0.15, 0.2) is 42.5 Å². The third-order valence-electron chi connectivity index (χ3n) is 6.42. The molecule has 0 spiro atoms. The fraction of sp³-hybridized carbons (Fsp3) is 0.435. The van der Waals surface area contributed by atoms with Crippen LogP contribution in [-0.2, 0) is 10.2 Å². The van der Waals surface area contributed by atoms with Crippen LogP contribution in [0.3, 0.4) is 0 Å². The zero-order valence-corrected chi connectivity index (χ0v) is 17.7. The van der Waals surface area contributed by atoms with E-state index in [9.17, 15) is 14.9 Å². The van der Waals surface area contributed by atoms with Crippen molar-refractivity contribution in [3.8, 4) is 0 Å². The predicted molar refractivity (Wildman–Crippen MR) is 119 cm³/mol. The van der Waals surface area contributed by atoms with E-state index in [4.69, 9.17) is 11.6 Å². The lowest BCUT2D eigenvalue weighted by Gasteiger charge is -2.30. The first-order chi connectivity index (χ1) is 14.5. The van der Waals surface area contributed by atoms with Gasteiger partial charge in [-0.05, 0) is 55.9 Å². The second kappa shape index (κ2) is 8.64. The summed E-state index contributed by atoms with van der Waals surface area (Å²) in [5.41, 5.74) is 1.90. The standard InChI is InChI=1S/C23H26ClN3O3/c24-20-16-18(8-11-21(20)26-14-4-1-5-15-26)25-22(28)23(12-2-3-13-23)17-6-9-19(10-7-17)27(29)30/h6-11,16H,1-5,12-15H2,(H,25,28). The maximum Gasteiger partial charge on any atom is 0.269 e.